The van der Waals surface area contributed by atoms with E-state index in [2.05, 4.69) is 156 Å². The van der Waals surface area contributed by atoms with Crippen molar-refractivity contribution in [1.82, 2.24) is 14.5 Å². The maximum atomic E-state index is 6.73. The van der Waals surface area contributed by atoms with Gasteiger partial charge in [-0.1, -0.05) is 133 Å². The Bertz CT molecular complexity index is 4130. The molecule has 0 fully saturated rings. The predicted molar refractivity (Wildman–Crippen MR) is 259 cm³/mol. The molecule has 292 valence electrons. The van der Waals surface area contributed by atoms with E-state index in [1.54, 1.807) is 0 Å². The van der Waals surface area contributed by atoms with E-state index in [1.165, 1.54) is 54.2 Å². The molecule has 0 spiro atoms. The highest BCUT2D eigenvalue weighted by Gasteiger charge is 2.21. The fourth-order valence-corrected chi connectivity index (χ4v) is 10.1. The Balaban J connectivity index is 0.950. The molecule has 0 bridgehead atoms. The zero-order valence-electron chi connectivity index (χ0n) is 33.7. The second kappa shape index (κ2) is 13.0. The lowest BCUT2D eigenvalue weighted by Crippen LogP contribution is -1.93. The van der Waals surface area contributed by atoms with Crippen molar-refractivity contribution in [3.05, 3.63) is 200 Å². The van der Waals surface area contributed by atoms with Crippen molar-refractivity contribution in [2.24, 2.45) is 0 Å². The van der Waals surface area contributed by atoms with Gasteiger partial charge in [0.15, 0.2) is 11.4 Å². The van der Waals surface area contributed by atoms with Gasteiger partial charge >= 0.3 is 0 Å². The molecule has 0 unspecified atom stereocenters. The minimum absolute atomic E-state index is 0.672. The molecule has 5 nitrogen and oxygen atoms in total. The number of hydrogen-bond acceptors (Lipinski definition) is 4. The average Bonchev–Trinajstić information content (AvgIpc) is 4.03. The molecule has 14 rings (SSSR count). The number of furan rings is 2. The number of benzene rings is 10. The first-order valence-electron chi connectivity index (χ1n) is 21.3. The Morgan fingerprint density at radius 1 is 0.333 bits per heavy atom. The lowest BCUT2D eigenvalue weighted by Gasteiger charge is -2.11. The fraction of sp³-hybridized carbons (Fsp3) is 0. The Kier molecular flexibility index (Phi) is 7.05. The minimum Gasteiger partial charge on any atom is -0.456 e. The van der Waals surface area contributed by atoms with Crippen molar-refractivity contribution in [2.45, 2.75) is 0 Å². The molecule has 0 aliphatic heterocycles. The summed E-state index contributed by atoms with van der Waals surface area (Å²) in [4.78, 5) is 10.2. The van der Waals surface area contributed by atoms with Crippen LogP contribution >= 0.6 is 0 Å². The van der Waals surface area contributed by atoms with Gasteiger partial charge in [-0.25, -0.2) is 9.97 Å². The Morgan fingerprint density at radius 2 is 0.873 bits per heavy atom. The van der Waals surface area contributed by atoms with Crippen molar-refractivity contribution >= 4 is 87.4 Å². The maximum absolute atomic E-state index is 6.73. The summed E-state index contributed by atoms with van der Waals surface area (Å²) in [5, 5.41) is 10.6. The second-order valence-electron chi connectivity index (χ2n) is 16.5. The predicted octanol–water partition coefficient (Wildman–Crippen LogP) is 15.8. The summed E-state index contributed by atoms with van der Waals surface area (Å²) < 4.78 is 15.4. The van der Waals surface area contributed by atoms with E-state index in [9.17, 15) is 0 Å². The molecule has 5 heteroatoms. The SMILES string of the molecule is c1ccc(-c2nc(-c3ccccc3)c3oc4cc(-c5ccc6c(c5)c5cc(-c7ccc8c(c7)c7cccc9oc%10cccc8c%10c97)ccc5n6-c5ccccc5)ccc4c3n2)cc1. The first-order valence-corrected chi connectivity index (χ1v) is 21.3. The van der Waals surface area contributed by atoms with Crippen LogP contribution in [0.2, 0.25) is 0 Å². The van der Waals surface area contributed by atoms with E-state index in [0.717, 1.165) is 72.3 Å². The third-order valence-electron chi connectivity index (χ3n) is 13.0. The van der Waals surface area contributed by atoms with Crippen LogP contribution in [0.5, 0.6) is 0 Å². The van der Waals surface area contributed by atoms with Crippen molar-refractivity contribution in [3.63, 3.8) is 0 Å². The van der Waals surface area contributed by atoms with Crippen LogP contribution in [0.1, 0.15) is 0 Å². The normalized spacial score (nSPS) is 12.1. The molecule has 0 N–H and O–H groups in total. The van der Waals surface area contributed by atoms with Gasteiger partial charge in [0.1, 0.15) is 28.0 Å². The van der Waals surface area contributed by atoms with Gasteiger partial charge in [0, 0.05) is 43.7 Å². The molecule has 0 radical (unpaired) electrons. The molecule has 0 aliphatic carbocycles. The molecule has 14 aromatic rings. The van der Waals surface area contributed by atoms with Crippen LogP contribution in [0.3, 0.4) is 0 Å². The van der Waals surface area contributed by atoms with Crippen LogP contribution in [0.15, 0.2) is 209 Å². The molecule has 0 aliphatic rings. The van der Waals surface area contributed by atoms with Crippen molar-refractivity contribution in [1.29, 1.82) is 0 Å². The number of para-hydroxylation sites is 1. The van der Waals surface area contributed by atoms with E-state index >= 15 is 0 Å². The summed E-state index contributed by atoms with van der Waals surface area (Å²) in [6, 6.07) is 71.0. The molecule has 4 heterocycles. The quantitative estimate of drug-likeness (QED) is 0.163. The van der Waals surface area contributed by atoms with E-state index in [-0.39, 0.29) is 0 Å². The van der Waals surface area contributed by atoms with E-state index in [4.69, 9.17) is 18.8 Å². The molecule has 0 atom stereocenters. The van der Waals surface area contributed by atoms with Crippen LogP contribution in [0.4, 0.5) is 0 Å². The highest BCUT2D eigenvalue weighted by atomic mass is 16.3. The Morgan fingerprint density at radius 3 is 1.52 bits per heavy atom. The van der Waals surface area contributed by atoms with Crippen LogP contribution in [-0.2, 0) is 0 Å². The number of hydrogen-bond donors (Lipinski definition) is 0. The zero-order valence-corrected chi connectivity index (χ0v) is 33.7. The molecule has 0 saturated carbocycles. The highest BCUT2D eigenvalue weighted by Crippen LogP contribution is 2.45. The fourth-order valence-electron chi connectivity index (χ4n) is 10.1. The molecular weight excluding hydrogens is 771 g/mol. The summed E-state index contributed by atoms with van der Waals surface area (Å²) >= 11 is 0. The van der Waals surface area contributed by atoms with E-state index in [0.29, 0.717) is 11.4 Å². The molecule has 0 amide bonds. The van der Waals surface area contributed by atoms with Crippen LogP contribution in [0.25, 0.3) is 138 Å². The van der Waals surface area contributed by atoms with E-state index in [1.807, 2.05) is 48.5 Å². The third-order valence-corrected chi connectivity index (χ3v) is 13.0. The van der Waals surface area contributed by atoms with Crippen molar-refractivity contribution < 1.29 is 8.83 Å². The van der Waals surface area contributed by atoms with Gasteiger partial charge in [-0.15, -0.1) is 0 Å². The molecule has 4 aromatic heterocycles. The van der Waals surface area contributed by atoms with Gasteiger partial charge in [-0.05, 0) is 111 Å². The summed E-state index contributed by atoms with van der Waals surface area (Å²) in [5.41, 5.74) is 14.8. The van der Waals surface area contributed by atoms with Gasteiger partial charge < -0.3 is 13.4 Å². The highest BCUT2D eigenvalue weighted by molar-refractivity contribution is 6.33. The lowest BCUT2D eigenvalue weighted by atomic mass is 9.92. The first kappa shape index (κ1) is 34.2. The minimum atomic E-state index is 0.672. The van der Waals surface area contributed by atoms with Gasteiger partial charge in [0.2, 0.25) is 0 Å². The number of fused-ring (bicyclic) bond motifs is 9. The summed E-state index contributed by atoms with van der Waals surface area (Å²) in [7, 11) is 0. The number of nitrogens with zero attached hydrogens (tertiary/aromatic N) is 3. The maximum Gasteiger partial charge on any atom is 0.180 e. The van der Waals surface area contributed by atoms with Gasteiger partial charge in [-0.3, -0.25) is 0 Å². The standard InChI is InChI=1S/C58H33N3O2/c1-4-12-34(13-5-1)55-57-56(60-58(59-55)35-14-6-2-7-15-35)44-27-23-39(33-52(44)63-57)38-25-29-49-47(32-38)46-31-37(24-28-48(46)61(49)40-16-8-3-9-17-40)36-22-26-41-42-18-10-20-50-53(42)54-43(45(41)30-36)19-11-21-51(54)62-50/h1-33H. The first-order chi connectivity index (χ1) is 31.2. The second-order valence-corrected chi connectivity index (χ2v) is 16.5. The third kappa shape index (κ3) is 5.05. The van der Waals surface area contributed by atoms with E-state index < -0.39 is 0 Å². The zero-order chi connectivity index (χ0) is 41.2. The summed E-state index contributed by atoms with van der Waals surface area (Å²) in [6.45, 7) is 0. The monoisotopic (exact) mass is 803 g/mol. The average molecular weight is 804 g/mol. The van der Waals surface area contributed by atoms with Crippen LogP contribution < -0.4 is 0 Å². The Labute approximate surface area is 360 Å². The van der Waals surface area contributed by atoms with Crippen molar-refractivity contribution in [3.8, 4) is 50.6 Å². The summed E-state index contributed by atoms with van der Waals surface area (Å²) in [6.07, 6.45) is 0. The van der Waals surface area contributed by atoms with Crippen LogP contribution in [0, 0.1) is 0 Å². The Hall–Kier alpha value is -8.54. The molecular formula is C58H33N3O2. The van der Waals surface area contributed by atoms with Gasteiger partial charge in [0.05, 0.1) is 11.0 Å². The van der Waals surface area contributed by atoms with Gasteiger partial charge in [-0.2, -0.15) is 0 Å². The van der Waals surface area contributed by atoms with Crippen LogP contribution in [-0.4, -0.2) is 14.5 Å². The molecule has 0 saturated heterocycles. The van der Waals surface area contributed by atoms with Gasteiger partial charge in [0.25, 0.3) is 0 Å². The summed E-state index contributed by atoms with van der Waals surface area (Å²) in [5.74, 6) is 0.672. The smallest absolute Gasteiger partial charge is 0.180 e. The number of rotatable bonds is 5. The topological polar surface area (TPSA) is 57.0 Å². The molecule has 10 aromatic carbocycles. The largest absolute Gasteiger partial charge is 0.456 e. The lowest BCUT2D eigenvalue weighted by molar-refractivity contribution is 0.667. The number of aromatic nitrogens is 3. The van der Waals surface area contributed by atoms with Crippen molar-refractivity contribution in [2.75, 3.05) is 0 Å². The molecule has 63 heavy (non-hydrogen) atoms.